The molecule has 0 saturated carbocycles. The monoisotopic (exact) mass is 266 g/mol. The van der Waals surface area contributed by atoms with Crippen LogP contribution < -0.4 is 0 Å². The molecule has 0 aliphatic carbocycles. The molecule has 0 N–H and O–H groups in total. The maximum atomic E-state index is 3.44. The van der Waals surface area contributed by atoms with E-state index in [-0.39, 0.29) is 0 Å². The second-order valence-electron chi connectivity index (χ2n) is 4.14. The first kappa shape index (κ1) is 12.5. The molecule has 1 aromatic carbocycles. The van der Waals surface area contributed by atoms with Crippen molar-refractivity contribution >= 4 is 21.5 Å². The predicted octanol–water partition coefficient (Wildman–Crippen LogP) is 5.00. The first-order valence-corrected chi connectivity index (χ1v) is 6.60. The van der Waals surface area contributed by atoms with Crippen molar-refractivity contribution in [3.63, 3.8) is 0 Å². The fraction of sp³-hybridized carbons (Fsp3) is 0.429. The number of allylic oxidation sites excluding steroid dienone is 2. The molecule has 0 nitrogen and oxygen atoms in total. The lowest BCUT2D eigenvalue weighted by Gasteiger charge is -2.07. The van der Waals surface area contributed by atoms with E-state index in [4.69, 9.17) is 0 Å². The van der Waals surface area contributed by atoms with E-state index in [1.807, 2.05) is 0 Å². The van der Waals surface area contributed by atoms with Crippen molar-refractivity contribution in [2.45, 2.75) is 33.1 Å². The molecule has 0 atom stereocenters. The van der Waals surface area contributed by atoms with Crippen LogP contribution in [-0.2, 0) is 0 Å². The standard InChI is InChI=1S/C14H19Br/c1-11(2)13-6-8-14(9-7-13)12(3)5-4-10-15/h5-9,11H,4,10H2,1-3H3/b12-5+. The van der Waals surface area contributed by atoms with Crippen molar-refractivity contribution in [1.29, 1.82) is 0 Å². The summed E-state index contributed by atoms with van der Waals surface area (Å²) < 4.78 is 0. The molecular weight excluding hydrogens is 248 g/mol. The van der Waals surface area contributed by atoms with E-state index in [2.05, 4.69) is 67.0 Å². The van der Waals surface area contributed by atoms with Gasteiger partial charge in [-0.05, 0) is 36.0 Å². The maximum Gasteiger partial charge on any atom is 0.00661 e. The Morgan fingerprint density at radius 1 is 1.27 bits per heavy atom. The predicted molar refractivity (Wildman–Crippen MR) is 72.6 cm³/mol. The van der Waals surface area contributed by atoms with Crippen LogP contribution in [0.5, 0.6) is 0 Å². The van der Waals surface area contributed by atoms with Crippen LogP contribution >= 0.6 is 15.9 Å². The van der Waals surface area contributed by atoms with E-state index in [0.29, 0.717) is 5.92 Å². The van der Waals surface area contributed by atoms with Gasteiger partial charge in [-0.15, -0.1) is 0 Å². The van der Waals surface area contributed by atoms with E-state index >= 15 is 0 Å². The van der Waals surface area contributed by atoms with Crippen LogP contribution in [0, 0.1) is 0 Å². The molecule has 0 aliphatic heterocycles. The van der Waals surface area contributed by atoms with Gasteiger partial charge in [-0.1, -0.05) is 60.1 Å². The Morgan fingerprint density at radius 3 is 2.33 bits per heavy atom. The van der Waals surface area contributed by atoms with Gasteiger partial charge >= 0.3 is 0 Å². The van der Waals surface area contributed by atoms with Gasteiger partial charge in [-0.2, -0.15) is 0 Å². The number of hydrogen-bond donors (Lipinski definition) is 0. The molecule has 0 fully saturated rings. The minimum absolute atomic E-state index is 0.617. The largest absolute Gasteiger partial charge is 0.0925 e. The molecule has 0 aliphatic rings. The van der Waals surface area contributed by atoms with Crippen LogP contribution in [0.3, 0.4) is 0 Å². The fourth-order valence-electron chi connectivity index (χ4n) is 1.52. The molecule has 0 unspecified atom stereocenters. The summed E-state index contributed by atoms with van der Waals surface area (Å²) in [5.74, 6) is 0.617. The fourth-order valence-corrected chi connectivity index (χ4v) is 1.75. The van der Waals surface area contributed by atoms with Gasteiger partial charge < -0.3 is 0 Å². The molecule has 0 heterocycles. The van der Waals surface area contributed by atoms with Gasteiger partial charge in [-0.25, -0.2) is 0 Å². The number of rotatable bonds is 4. The normalized spacial score (nSPS) is 12.2. The highest BCUT2D eigenvalue weighted by atomic mass is 79.9. The Labute approximate surface area is 102 Å². The average Bonchev–Trinajstić information content (AvgIpc) is 2.26. The Balaban J connectivity index is 2.79. The molecule has 82 valence electrons. The summed E-state index contributed by atoms with van der Waals surface area (Å²) in [6.45, 7) is 6.62. The van der Waals surface area contributed by atoms with E-state index < -0.39 is 0 Å². The second-order valence-corrected chi connectivity index (χ2v) is 4.93. The van der Waals surface area contributed by atoms with Gasteiger partial charge in [0.2, 0.25) is 0 Å². The molecule has 0 amide bonds. The van der Waals surface area contributed by atoms with Crippen LogP contribution in [0.25, 0.3) is 5.57 Å². The van der Waals surface area contributed by atoms with E-state index in [1.54, 1.807) is 0 Å². The number of hydrogen-bond acceptors (Lipinski definition) is 0. The lowest BCUT2D eigenvalue weighted by atomic mass is 9.99. The highest BCUT2D eigenvalue weighted by Gasteiger charge is 1.99. The number of alkyl halides is 1. The van der Waals surface area contributed by atoms with Crippen LogP contribution in [-0.4, -0.2) is 5.33 Å². The summed E-state index contributed by atoms with van der Waals surface area (Å²) in [5.41, 5.74) is 4.11. The average molecular weight is 267 g/mol. The summed E-state index contributed by atoms with van der Waals surface area (Å²) in [6.07, 6.45) is 3.37. The minimum atomic E-state index is 0.617. The van der Waals surface area contributed by atoms with Gasteiger partial charge in [0.05, 0.1) is 0 Å². The molecule has 0 radical (unpaired) electrons. The summed E-state index contributed by atoms with van der Waals surface area (Å²) in [7, 11) is 0. The Bertz CT molecular complexity index is 320. The molecule has 0 saturated heterocycles. The summed E-state index contributed by atoms with van der Waals surface area (Å²) in [6, 6.07) is 8.89. The van der Waals surface area contributed by atoms with Crippen LogP contribution in [0.2, 0.25) is 0 Å². The van der Waals surface area contributed by atoms with Gasteiger partial charge in [-0.3, -0.25) is 0 Å². The van der Waals surface area contributed by atoms with Crippen molar-refractivity contribution in [1.82, 2.24) is 0 Å². The zero-order valence-electron chi connectivity index (χ0n) is 9.76. The molecule has 0 bridgehead atoms. The smallest absolute Gasteiger partial charge is 0.00661 e. The van der Waals surface area contributed by atoms with Crippen LogP contribution in [0.1, 0.15) is 44.2 Å². The Hall–Kier alpha value is -0.560. The number of halogens is 1. The van der Waals surface area contributed by atoms with Gasteiger partial charge in [0, 0.05) is 5.33 Å². The first-order valence-electron chi connectivity index (χ1n) is 5.48. The zero-order valence-corrected chi connectivity index (χ0v) is 11.3. The van der Waals surface area contributed by atoms with Crippen LogP contribution in [0.15, 0.2) is 30.3 Å². The molecule has 1 aromatic rings. The van der Waals surface area contributed by atoms with Crippen molar-refractivity contribution < 1.29 is 0 Å². The zero-order chi connectivity index (χ0) is 11.3. The molecule has 1 heteroatoms. The van der Waals surface area contributed by atoms with Crippen molar-refractivity contribution in [3.05, 3.63) is 41.5 Å². The SMILES string of the molecule is C/C(=C\CCBr)c1ccc(C(C)C)cc1. The van der Waals surface area contributed by atoms with E-state index in [1.165, 1.54) is 16.7 Å². The second kappa shape index (κ2) is 6.12. The number of benzene rings is 1. The van der Waals surface area contributed by atoms with E-state index in [9.17, 15) is 0 Å². The van der Waals surface area contributed by atoms with Crippen molar-refractivity contribution in [2.75, 3.05) is 5.33 Å². The summed E-state index contributed by atoms with van der Waals surface area (Å²) in [5, 5.41) is 1.04. The highest BCUT2D eigenvalue weighted by molar-refractivity contribution is 9.09. The van der Waals surface area contributed by atoms with Crippen molar-refractivity contribution in [3.8, 4) is 0 Å². The first-order chi connectivity index (χ1) is 7.15. The summed E-state index contributed by atoms with van der Waals surface area (Å²) in [4.78, 5) is 0. The van der Waals surface area contributed by atoms with E-state index in [0.717, 1.165) is 11.8 Å². The Morgan fingerprint density at radius 2 is 1.87 bits per heavy atom. The minimum Gasteiger partial charge on any atom is -0.0925 e. The highest BCUT2D eigenvalue weighted by Crippen LogP contribution is 2.19. The quantitative estimate of drug-likeness (QED) is 0.673. The molecule has 15 heavy (non-hydrogen) atoms. The topological polar surface area (TPSA) is 0 Å². The van der Waals surface area contributed by atoms with Gasteiger partial charge in [0.1, 0.15) is 0 Å². The van der Waals surface area contributed by atoms with Gasteiger partial charge in [0.15, 0.2) is 0 Å². The molecule has 1 rings (SSSR count). The lowest BCUT2D eigenvalue weighted by molar-refractivity contribution is 0.866. The lowest BCUT2D eigenvalue weighted by Crippen LogP contribution is -1.87. The third kappa shape index (κ3) is 3.83. The Kier molecular flexibility index (Phi) is 5.10. The van der Waals surface area contributed by atoms with Crippen LogP contribution in [0.4, 0.5) is 0 Å². The maximum absolute atomic E-state index is 3.44. The third-order valence-corrected chi connectivity index (χ3v) is 3.05. The molecular formula is C14H19Br. The van der Waals surface area contributed by atoms with Gasteiger partial charge in [0.25, 0.3) is 0 Å². The van der Waals surface area contributed by atoms with Crippen molar-refractivity contribution in [2.24, 2.45) is 0 Å². The molecule has 0 aromatic heterocycles. The third-order valence-electron chi connectivity index (χ3n) is 2.59. The summed E-state index contributed by atoms with van der Waals surface area (Å²) >= 11 is 3.44. The molecule has 0 spiro atoms.